The van der Waals surface area contributed by atoms with Gasteiger partial charge in [0.05, 0.1) is 11.9 Å². The van der Waals surface area contributed by atoms with Gasteiger partial charge in [-0.25, -0.2) is 0 Å². The molecule has 0 radical (unpaired) electrons. The zero-order chi connectivity index (χ0) is 12.6. The maximum Gasteiger partial charge on any atom is 0.0553 e. The molecule has 1 aliphatic carbocycles. The Labute approximate surface area is 110 Å². The zero-order valence-electron chi connectivity index (χ0n) is 11.4. The van der Waals surface area contributed by atoms with Crippen LogP contribution in [-0.4, -0.2) is 30.2 Å². The molecule has 1 unspecified atom stereocenters. The van der Waals surface area contributed by atoms with E-state index in [2.05, 4.69) is 34.3 Å². The molecule has 1 aromatic heterocycles. The Bertz CT molecular complexity index is 410. The summed E-state index contributed by atoms with van der Waals surface area (Å²) in [7, 11) is 0. The van der Waals surface area contributed by atoms with Crippen LogP contribution in [0.2, 0.25) is 0 Å². The van der Waals surface area contributed by atoms with E-state index in [-0.39, 0.29) is 0 Å². The molecule has 18 heavy (non-hydrogen) atoms. The number of aryl methyl sites for hydroxylation is 1. The summed E-state index contributed by atoms with van der Waals surface area (Å²) in [6.07, 6.45) is 6.02. The second-order valence-corrected chi connectivity index (χ2v) is 6.05. The molecule has 1 aliphatic heterocycles. The van der Waals surface area contributed by atoms with Gasteiger partial charge in [-0.3, -0.25) is 4.98 Å². The van der Waals surface area contributed by atoms with Crippen molar-refractivity contribution in [3.05, 3.63) is 24.0 Å². The Morgan fingerprint density at radius 3 is 2.89 bits per heavy atom. The van der Waals surface area contributed by atoms with E-state index >= 15 is 0 Å². The molecule has 0 aromatic carbocycles. The summed E-state index contributed by atoms with van der Waals surface area (Å²) in [6.45, 7) is 7.83. The van der Waals surface area contributed by atoms with Gasteiger partial charge in [-0.2, -0.15) is 0 Å². The molecule has 1 N–H and O–H groups in total. The fourth-order valence-electron chi connectivity index (χ4n) is 3.04. The zero-order valence-corrected chi connectivity index (χ0v) is 11.4. The lowest BCUT2D eigenvalue weighted by Gasteiger charge is -2.34. The number of aromatic nitrogens is 1. The van der Waals surface area contributed by atoms with Crippen LogP contribution in [-0.2, 0) is 0 Å². The van der Waals surface area contributed by atoms with Gasteiger partial charge in [-0.15, -0.1) is 0 Å². The minimum absolute atomic E-state index is 0.293. The third kappa shape index (κ3) is 2.37. The molecule has 3 nitrogen and oxygen atoms in total. The smallest absolute Gasteiger partial charge is 0.0553 e. The van der Waals surface area contributed by atoms with Crippen molar-refractivity contribution < 1.29 is 0 Å². The molecule has 98 valence electrons. The van der Waals surface area contributed by atoms with E-state index in [1.165, 1.54) is 24.9 Å². The van der Waals surface area contributed by atoms with Crippen molar-refractivity contribution in [2.24, 2.45) is 5.92 Å². The van der Waals surface area contributed by atoms with Crippen molar-refractivity contribution in [1.82, 2.24) is 10.3 Å². The summed E-state index contributed by atoms with van der Waals surface area (Å²) in [6, 6.07) is 4.32. The van der Waals surface area contributed by atoms with E-state index in [1.807, 2.05) is 13.1 Å². The number of hydrogen-bond donors (Lipinski definition) is 1. The molecule has 1 atom stereocenters. The highest BCUT2D eigenvalue weighted by molar-refractivity contribution is 5.45. The SMILES string of the molecule is Cc1ccc(N2CCCNC(C)(C3CC3)C2)cn1. The Balaban J connectivity index is 1.80. The van der Waals surface area contributed by atoms with Crippen LogP contribution in [0.1, 0.15) is 31.9 Å². The van der Waals surface area contributed by atoms with Crippen LogP contribution in [0.4, 0.5) is 5.69 Å². The van der Waals surface area contributed by atoms with Crippen LogP contribution < -0.4 is 10.2 Å². The van der Waals surface area contributed by atoms with Crippen molar-refractivity contribution in [2.75, 3.05) is 24.5 Å². The van der Waals surface area contributed by atoms with Crippen molar-refractivity contribution in [2.45, 2.75) is 38.6 Å². The van der Waals surface area contributed by atoms with Gasteiger partial charge in [-0.1, -0.05) is 0 Å². The van der Waals surface area contributed by atoms with Crippen LogP contribution in [0, 0.1) is 12.8 Å². The maximum atomic E-state index is 4.43. The second kappa shape index (κ2) is 4.54. The molecule has 2 heterocycles. The predicted molar refractivity (Wildman–Crippen MR) is 74.9 cm³/mol. The third-order valence-electron chi connectivity index (χ3n) is 4.39. The minimum atomic E-state index is 0.293. The standard InChI is InChI=1S/C15H23N3/c1-12-4-7-14(10-16-12)18-9-3-8-17-15(2,11-18)13-5-6-13/h4,7,10,13,17H,3,5-6,8-9,11H2,1-2H3. The van der Waals surface area contributed by atoms with Gasteiger partial charge in [0, 0.05) is 24.3 Å². The molecular weight excluding hydrogens is 222 g/mol. The van der Waals surface area contributed by atoms with Gasteiger partial charge in [0.2, 0.25) is 0 Å². The molecule has 1 aromatic rings. The van der Waals surface area contributed by atoms with Crippen LogP contribution in [0.5, 0.6) is 0 Å². The fraction of sp³-hybridized carbons (Fsp3) is 0.667. The Morgan fingerprint density at radius 2 is 2.22 bits per heavy atom. The van der Waals surface area contributed by atoms with Gasteiger partial charge in [-0.05, 0) is 57.7 Å². The monoisotopic (exact) mass is 245 g/mol. The van der Waals surface area contributed by atoms with Crippen molar-refractivity contribution in [3.8, 4) is 0 Å². The molecule has 0 spiro atoms. The summed E-state index contributed by atoms with van der Waals surface area (Å²) < 4.78 is 0. The third-order valence-corrected chi connectivity index (χ3v) is 4.39. The van der Waals surface area contributed by atoms with E-state index in [1.54, 1.807) is 0 Å². The predicted octanol–water partition coefficient (Wildman–Crippen LogP) is 2.36. The van der Waals surface area contributed by atoms with Gasteiger partial charge in [0.25, 0.3) is 0 Å². The van der Waals surface area contributed by atoms with Gasteiger partial charge in [0.15, 0.2) is 0 Å². The fourth-order valence-corrected chi connectivity index (χ4v) is 3.04. The number of nitrogens with one attached hydrogen (secondary N) is 1. The molecule has 0 amide bonds. The molecule has 3 heteroatoms. The van der Waals surface area contributed by atoms with Crippen molar-refractivity contribution in [1.29, 1.82) is 0 Å². The average molecular weight is 245 g/mol. The van der Waals surface area contributed by atoms with Crippen LogP contribution in [0.15, 0.2) is 18.3 Å². The number of anilines is 1. The Hall–Kier alpha value is -1.09. The molecule has 2 aliphatic rings. The number of hydrogen-bond acceptors (Lipinski definition) is 3. The average Bonchev–Trinajstić information content (AvgIpc) is 3.17. The lowest BCUT2D eigenvalue weighted by Crippen LogP contribution is -2.51. The Kier molecular flexibility index (Phi) is 3.02. The number of pyridine rings is 1. The molecule has 2 fully saturated rings. The first-order valence-corrected chi connectivity index (χ1v) is 7.10. The first-order valence-electron chi connectivity index (χ1n) is 7.10. The highest BCUT2D eigenvalue weighted by Gasteiger charge is 2.43. The van der Waals surface area contributed by atoms with E-state index in [0.29, 0.717) is 5.54 Å². The van der Waals surface area contributed by atoms with E-state index < -0.39 is 0 Å². The lowest BCUT2D eigenvalue weighted by molar-refractivity contribution is 0.331. The molecule has 1 saturated carbocycles. The summed E-state index contributed by atoms with van der Waals surface area (Å²) in [4.78, 5) is 6.94. The highest BCUT2D eigenvalue weighted by Crippen LogP contribution is 2.41. The molecule has 0 bridgehead atoms. The Morgan fingerprint density at radius 1 is 1.39 bits per heavy atom. The highest BCUT2D eigenvalue weighted by atomic mass is 15.2. The van der Waals surface area contributed by atoms with E-state index in [4.69, 9.17) is 0 Å². The van der Waals surface area contributed by atoms with Gasteiger partial charge in [0.1, 0.15) is 0 Å². The topological polar surface area (TPSA) is 28.2 Å². The number of rotatable bonds is 2. The summed E-state index contributed by atoms with van der Waals surface area (Å²) in [5.41, 5.74) is 2.66. The van der Waals surface area contributed by atoms with Crippen LogP contribution in [0.3, 0.4) is 0 Å². The van der Waals surface area contributed by atoms with E-state index in [0.717, 1.165) is 31.2 Å². The summed E-state index contributed by atoms with van der Waals surface area (Å²) >= 11 is 0. The van der Waals surface area contributed by atoms with Gasteiger partial charge >= 0.3 is 0 Å². The molecular formula is C15H23N3. The van der Waals surface area contributed by atoms with E-state index in [9.17, 15) is 0 Å². The van der Waals surface area contributed by atoms with Crippen molar-refractivity contribution in [3.63, 3.8) is 0 Å². The summed E-state index contributed by atoms with van der Waals surface area (Å²) in [5.74, 6) is 0.872. The quantitative estimate of drug-likeness (QED) is 0.867. The normalized spacial score (nSPS) is 29.1. The van der Waals surface area contributed by atoms with Crippen LogP contribution in [0.25, 0.3) is 0 Å². The van der Waals surface area contributed by atoms with Crippen LogP contribution >= 0.6 is 0 Å². The second-order valence-electron chi connectivity index (χ2n) is 6.05. The first-order chi connectivity index (χ1) is 8.67. The lowest BCUT2D eigenvalue weighted by atomic mass is 9.95. The minimum Gasteiger partial charge on any atom is -0.368 e. The van der Waals surface area contributed by atoms with Gasteiger partial charge < -0.3 is 10.2 Å². The number of nitrogens with zero attached hydrogens (tertiary/aromatic N) is 2. The largest absolute Gasteiger partial charge is 0.368 e. The maximum absolute atomic E-state index is 4.43. The molecule has 1 saturated heterocycles. The van der Waals surface area contributed by atoms with Crippen molar-refractivity contribution >= 4 is 5.69 Å². The summed E-state index contributed by atoms with van der Waals surface area (Å²) in [5, 5.41) is 3.77. The first kappa shape index (κ1) is 12.0. The molecule has 3 rings (SSSR count).